The molecule has 2 aromatic carbocycles. The molecule has 0 radical (unpaired) electrons. The van der Waals surface area contributed by atoms with Crippen LogP contribution in [0.3, 0.4) is 0 Å². The Bertz CT molecular complexity index is 420. The van der Waals surface area contributed by atoms with E-state index in [1.54, 1.807) is 12.1 Å². The van der Waals surface area contributed by atoms with Crippen molar-refractivity contribution in [2.24, 2.45) is 0 Å². The van der Waals surface area contributed by atoms with E-state index in [0.29, 0.717) is 5.75 Å². The van der Waals surface area contributed by atoms with Gasteiger partial charge < -0.3 is 4.89 Å². The molecular formula is C14H14O2. The van der Waals surface area contributed by atoms with Crippen LogP contribution in [-0.4, -0.2) is 5.26 Å². The van der Waals surface area contributed by atoms with E-state index >= 15 is 0 Å². The van der Waals surface area contributed by atoms with Crippen molar-refractivity contribution in [3.8, 4) is 5.75 Å². The largest absolute Gasteiger partial charge is 0.340 e. The molecule has 1 N–H and O–H groups in total. The SMILES string of the molecule is OOc1ccc(CCc2ccccc2)cc1. The summed E-state index contributed by atoms with van der Waals surface area (Å²) in [5, 5.41) is 8.44. The highest BCUT2D eigenvalue weighted by molar-refractivity contribution is 5.27. The zero-order chi connectivity index (χ0) is 11.2. The lowest BCUT2D eigenvalue weighted by Gasteiger charge is -2.02. The summed E-state index contributed by atoms with van der Waals surface area (Å²) in [4.78, 5) is 4.13. The van der Waals surface area contributed by atoms with Crippen LogP contribution in [0, 0.1) is 0 Å². The molecule has 0 aliphatic carbocycles. The number of rotatable bonds is 4. The Morgan fingerprint density at radius 2 is 1.31 bits per heavy atom. The molecule has 2 rings (SSSR count). The third-order valence-corrected chi connectivity index (χ3v) is 2.57. The maximum atomic E-state index is 8.44. The summed E-state index contributed by atoms with van der Waals surface area (Å²) in [5.41, 5.74) is 2.58. The molecule has 0 aliphatic heterocycles. The Kier molecular flexibility index (Phi) is 3.57. The third-order valence-electron chi connectivity index (χ3n) is 2.57. The van der Waals surface area contributed by atoms with Crippen LogP contribution in [0.1, 0.15) is 11.1 Å². The van der Waals surface area contributed by atoms with Crippen molar-refractivity contribution in [1.29, 1.82) is 0 Å². The predicted molar refractivity (Wildman–Crippen MR) is 63.5 cm³/mol. The lowest BCUT2D eigenvalue weighted by molar-refractivity contribution is -0.137. The van der Waals surface area contributed by atoms with Crippen LogP contribution in [-0.2, 0) is 12.8 Å². The quantitative estimate of drug-likeness (QED) is 0.625. The molecule has 0 saturated heterocycles. The summed E-state index contributed by atoms with van der Waals surface area (Å²) in [7, 11) is 0. The van der Waals surface area contributed by atoms with Gasteiger partial charge in [0.15, 0.2) is 5.75 Å². The van der Waals surface area contributed by atoms with E-state index in [2.05, 4.69) is 29.2 Å². The highest BCUT2D eigenvalue weighted by Gasteiger charge is 1.96. The minimum absolute atomic E-state index is 0.475. The minimum atomic E-state index is 0.475. The first-order chi connectivity index (χ1) is 7.88. The van der Waals surface area contributed by atoms with Gasteiger partial charge in [-0.25, -0.2) is 5.26 Å². The van der Waals surface area contributed by atoms with Gasteiger partial charge >= 0.3 is 0 Å². The van der Waals surface area contributed by atoms with Gasteiger partial charge in [0.2, 0.25) is 0 Å². The number of aryl methyl sites for hydroxylation is 2. The van der Waals surface area contributed by atoms with Crippen LogP contribution in [0.15, 0.2) is 54.6 Å². The minimum Gasteiger partial charge on any atom is -0.340 e. The van der Waals surface area contributed by atoms with Crippen molar-refractivity contribution in [3.05, 3.63) is 65.7 Å². The fourth-order valence-corrected chi connectivity index (χ4v) is 1.65. The average Bonchev–Trinajstić information content (AvgIpc) is 2.38. The molecule has 0 atom stereocenters. The molecule has 16 heavy (non-hydrogen) atoms. The fourth-order valence-electron chi connectivity index (χ4n) is 1.65. The van der Waals surface area contributed by atoms with E-state index in [4.69, 9.17) is 5.26 Å². The monoisotopic (exact) mass is 214 g/mol. The summed E-state index contributed by atoms with van der Waals surface area (Å²) in [6, 6.07) is 17.9. The van der Waals surface area contributed by atoms with Crippen molar-refractivity contribution in [3.63, 3.8) is 0 Å². The second-order valence-corrected chi connectivity index (χ2v) is 3.72. The fraction of sp³-hybridized carbons (Fsp3) is 0.143. The molecule has 2 heteroatoms. The van der Waals surface area contributed by atoms with Crippen molar-refractivity contribution in [2.75, 3.05) is 0 Å². The standard InChI is InChI=1S/C14H14O2/c15-16-14-10-8-13(9-11-14)7-6-12-4-2-1-3-5-12/h1-5,8-11,15H,6-7H2. The van der Waals surface area contributed by atoms with Gasteiger partial charge in [-0.2, -0.15) is 0 Å². The first kappa shape index (κ1) is 10.7. The highest BCUT2D eigenvalue weighted by Crippen LogP contribution is 2.13. The summed E-state index contributed by atoms with van der Waals surface area (Å²) < 4.78 is 0. The Balaban J connectivity index is 1.94. The molecule has 2 aromatic rings. The van der Waals surface area contributed by atoms with Crippen LogP contribution in [0.5, 0.6) is 5.75 Å². The molecule has 0 fully saturated rings. The molecule has 0 spiro atoms. The predicted octanol–water partition coefficient (Wildman–Crippen LogP) is 3.32. The molecule has 0 aliphatic rings. The molecule has 2 nitrogen and oxygen atoms in total. The summed E-state index contributed by atoms with van der Waals surface area (Å²) in [6.07, 6.45) is 2.02. The molecule has 0 saturated carbocycles. The molecular weight excluding hydrogens is 200 g/mol. The van der Waals surface area contributed by atoms with Crippen molar-refractivity contribution in [1.82, 2.24) is 0 Å². The van der Waals surface area contributed by atoms with Crippen molar-refractivity contribution < 1.29 is 10.1 Å². The Morgan fingerprint density at radius 1 is 0.750 bits per heavy atom. The average molecular weight is 214 g/mol. The maximum Gasteiger partial charge on any atom is 0.165 e. The first-order valence-electron chi connectivity index (χ1n) is 5.33. The van der Waals surface area contributed by atoms with Gasteiger partial charge in [-0.05, 0) is 36.1 Å². The van der Waals surface area contributed by atoms with E-state index in [1.807, 2.05) is 18.2 Å². The van der Waals surface area contributed by atoms with Crippen molar-refractivity contribution in [2.45, 2.75) is 12.8 Å². The molecule has 0 aromatic heterocycles. The van der Waals surface area contributed by atoms with E-state index in [-0.39, 0.29) is 0 Å². The molecule has 0 heterocycles. The van der Waals surface area contributed by atoms with Gasteiger partial charge in [0.05, 0.1) is 0 Å². The number of benzene rings is 2. The second-order valence-electron chi connectivity index (χ2n) is 3.72. The van der Waals surface area contributed by atoms with Gasteiger partial charge in [0.1, 0.15) is 0 Å². The van der Waals surface area contributed by atoms with Gasteiger partial charge in [0, 0.05) is 0 Å². The molecule has 0 amide bonds. The zero-order valence-electron chi connectivity index (χ0n) is 8.97. The smallest absolute Gasteiger partial charge is 0.165 e. The van der Waals surface area contributed by atoms with Crippen LogP contribution < -0.4 is 4.89 Å². The van der Waals surface area contributed by atoms with Crippen LogP contribution >= 0.6 is 0 Å². The Hall–Kier alpha value is -1.80. The Labute approximate surface area is 95.1 Å². The molecule has 82 valence electrons. The van der Waals surface area contributed by atoms with Gasteiger partial charge in [-0.1, -0.05) is 42.5 Å². The van der Waals surface area contributed by atoms with E-state index in [9.17, 15) is 0 Å². The zero-order valence-corrected chi connectivity index (χ0v) is 8.97. The maximum absolute atomic E-state index is 8.44. The van der Waals surface area contributed by atoms with Gasteiger partial charge in [0.25, 0.3) is 0 Å². The lowest BCUT2D eigenvalue weighted by Crippen LogP contribution is -1.91. The normalized spacial score (nSPS) is 10.1. The summed E-state index contributed by atoms with van der Waals surface area (Å²) in [6.45, 7) is 0. The molecule has 0 bridgehead atoms. The summed E-state index contributed by atoms with van der Waals surface area (Å²) in [5.74, 6) is 0.475. The van der Waals surface area contributed by atoms with E-state index < -0.39 is 0 Å². The Morgan fingerprint density at radius 3 is 1.88 bits per heavy atom. The van der Waals surface area contributed by atoms with Crippen LogP contribution in [0.25, 0.3) is 0 Å². The van der Waals surface area contributed by atoms with Crippen molar-refractivity contribution >= 4 is 0 Å². The number of hydrogen-bond acceptors (Lipinski definition) is 2. The van der Waals surface area contributed by atoms with Gasteiger partial charge in [-0.15, -0.1) is 0 Å². The first-order valence-corrected chi connectivity index (χ1v) is 5.33. The summed E-state index contributed by atoms with van der Waals surface area (Å²) >= 11 is 0. The van der Waals surface area contributed by atoms with E-state index in [1.165, 1.54) is 11.1 Å². The third kappa shape index (κ3) is 2.84. The van der Waals surface area contributed by atoms with Gasteiger partial charge in [-0.3, -0.25) is 0 Å². The van der Waals surface area contributed by atoms with Crippen LogP contribution in [0.4, 0.5) is 0 Å². The highest BCUT2D eigenvalue weighted by atomic mass is 17.1. The topological polar surface area (TPSA) is 29.5 Å². The van der Waals surface area contributed by atoms with Crippen LogP contribution in [0.2, 0.25) is 0 Å². The van der Waals surface area contributed by atoms with E-state index in [0.717, 1.165) is 12.8 Å². The number of hydrogen-bond donors (Lipinski definition) is 1. The molecule has 0 unspecified atom stereocenters. The second kappa shape index (κ2) is 5.33. The lowest BCUT2D eigenvalue weighted by atomic mass is 10.0.